The Morgan fingerprint density at radius 1 is 0.846 bits per heavy atom. The zero-order valence-corrected chi connectivity index (χ0v) is 16.2. The summed E-state index contributed by atoms with van der Waals surface area (Å²) >= 11 is 0. The van der Waals surface area contributed by atoms with Crippen molar-refractivity contribution < 1.29 is 13.2 Å². The zero-order valence-electron chi connectivity index (χ0n) is 16.2. The summed E-state index contributed by atoms with van der Waals surface area (Å²) in [6, 6.07) is 2.37. The van der Waals surface area contributed by atoms with Crippen molar-refractivity contribution in [3.63, 3.8) is 0 Å². The first-order valence-corrected chi connectivity index (χ1v) is 10.6. The lowest BCUT2D eigenvalue weighted by Crippen LogP contribution is -2.27. The third-order valence-corrected chi connectivity index (χ3v) is 7.31. The SMILES string of the molecule is CCCC1CCC(C2CCC(C(C)c3cc(F)c(F)c(F)c3)CC2)CC1. The van der Waals surface area contributed by atoms with E-state index < -0.39 is 17.5 Å². The lowest BCUT2D eigenvalue weighted by Gasteiger charge is -2.39. The molecule has 2 aliphatic rings. The first-order chi connectivity index (χ1) is 12.5. The molecule has 0 nitrogen and oxygen atoms in total. The molecule has 3 heteroatoms. The van der Waals surface area contributed by atoms with Crippen LogP contribution in [0.3, 0.4) is 0 Å². The van der Waals surface area contributed by atoms with Gasteiger partial charge in [-0.15, -0.1) is 0 Å². The van der Waals surface area contributed by atoms with Crippen LogP contribution in [0.2, 0.25) is 0 Å². The minimum Gasteiger partial charge on any atom is -0.204 e. The number of benzene rings is 1. The Labute approximate surface area is 156 Å². The molecular weight excluding hydrogens is 333 g/mol. The van der Waals surface area contributed by atoms with Crippen molar-refractivity contribution in [1.82, 2.24) is 0 Å². The van der Waals surface area contributed by atoms with Gasteiger partial charge in [-0.2, -0.15) is 0 Å². The van der Waals surface area contributed by atoms with Crippen LogP contribution in [0, 0.1) is 41.1 Å². The largest absolute Gasteiger partial charge is 0.204 e. The summed E-state index contributed by atoms with van der Waals surface area (Å²) in [5.74, 6) is -0.275. The normalized spacial score (nSPS) is 31.0. The Hall–Kier alpha value is -0.990. The molecule has 0 amide bonds. The second-order valence-electron chi connectivity index (χ2n) is 8.83. The smallest absolute Gasteiger partial charge is 0.194 e. The number of hydrogen-bond donors (Lipinski definition) is 0. The van der Waals surface area contributed by atoms with Gasteiger partial charge in [0.25, 0.3) is 0 Å². The molecule has 0 radical (unpaired) electrons. The minimum absolute atomic E-state index is 0.0841. The van der Waals surface area contributed by atoms with Gasteiger partial charge in [0.1, 0.15) is 0 Å². The molecule has 2 fully saturated rings. The topological polar surface area (TPSA) is 0 Å². The van der Waals surface area contributed by atoms with Gasteiger partial charge in [0, 0.05) is 0 Å². The van der Waals surface area contributed by atoms with Crippen molar-refractivity contribution in [3.8, 4) is 0 Å². The van der Waals surface area contributed by atoms with Crippen LogP contribution in [-0.2, 0) is 0 Å². The molecule has 0 saturated heterocycles. The summed E-state index contributed by atoms with van der Waals surface area (Å²) in [4.78, 5) is 0. The lowest BCUT2D eigenvalue weighted by molar-refractivity contribution is 0.137. The van der Waals surface area contributed by atoms with Crippen molar-refractivity contribution >= 4 is 0 Å². The van der Waals surface area contributed by atoms with Gasteiger partial charge in [-0.1, -0.05) is 39.5 Å². The highest BCUT2D eigenvalue weighted by Gasteiger charge is 2.32. The summed E-state index contributed by atoms with van der Waals surface area (Å²) in [6.45, 7) is 4.32. The van der Waals surface area contributed by atoms with E-state index in [2.05, 4.69) is 6.92 Å². The van der Waals surface area contributed by atoms with Crippen molar-refractivity contribution in [2.75, 3.05) is 0 Å². The first-order valence-electron chi connectivity index (χ1n) is 10.6. The third kappa shape index (κ3) is 4.46. The predicted octanol–water partition coefficient (Wildman–Crippen LogP) is 7.62. The second kappa shape index (κ2) is 8.80. The van der Waals surface area contributed by atoms with Crippen molar-refractivity contribution in [2.24, 2.45) is 23.7 Å². The zero-order chi connectivity index (χ0) is 18.7. The maximum Gasteiger partial charge on any atom is 0.194 e. The fourth-order valence-corrected chi connectivity index (χ4v) is 5.58. The molecule has 1 atom stereocenters. The first kappa shape index (κ1) is 19.8. The quantitative estimate of drug-likeness (QED) is 0.470. The maximum atomic E-state index is 13.5. The molecule has 0 spiro atoms. The van der Waals surface area contributed by atoms with Gasteiger partial charge in [-0.3, -0.25) is 0 Å². The maximum absolute atomic E-state index is 13.5. The van der Waals surface area contributed by atoms with Crippen molar-refractivity contribution in [2.45, 2.75) is 84.0 Å². The van der Waals surface area contributed by atoms with E-state index in [-0.39, 0.29) is 5.92 Å². The summed E-state index contributed by atoms with van der Waals surface area (Å²) in [6.07, 6.45) is 13.0. The second-order valence-corrected chi connectivity index (χ2v) is 8.83. The molecule has 1 aromatic carbocycles. The summed E-state index contributed by atoms with van der Waals surface area (Å²) in [5.41, 5.74) is 0.602. The van der Waals surface area contributed by atoms with Crippen LogP contribution in [0.25, 0.3) is 0 Å². The highest BCUT2D eigenvalue weighted by molar-refractivity contribution is 5.23. The van der Waals surface area contributed by atoms with Crippen LogP contribution >= 0.6 is 0 Å². The molecular formula is C23H33F3. The standard InChI is InChI=1S/C23H33F3/c1-3-4-16-5-7-18(8-6-16)19-11-9-17(10-12-19)15(2)20-13-21(24)23(26)22(25)14-20/h13-19H,3-12H2,1-2H3. The van der Waals surface area contributed by atoms with E-state index in [1.165, 1.54) is 63.5 Å². The van der Waals surface area contributed by atoms with Crippen molar-refractivity contribution in [3.05, 3.63) is 35.1 Å². The van der Waals surface area contributed by atoms with Crippen LogP contribution in [0.4, 0.5) is 13.2 Å². The molecule has 3 rings (SSSR count). The van der Waals surface area contributed by atoms with E-state index in [4.69, 9.17) is 0 Å². The van der Waals surface area contributed by atoms with E-state index in [1.54, 1.807) is 0 Å². The van der Waals surface area contributed by atoms with Gasteiger partial charge < -0.3 is 0 Å². The van der Waals surface area contributed by atoms with Gasteiger partial charge in [0.2, 0.25) is 0 Å². The van der Waals surface area contributed by atoms with Gasteiger partial charge in [0.15, 0.2) is 17.5 Å². The molecule has 0 heterocycles. The molecule has 0 aromatic heterocycles. The van der Waals surface area contributed by atoms with Gasteiger partial charge in [-0.05, 0) is 85.8 Å². The molecule has 0 aliphatic heterocycles. The van der Waals surface area contributed by atoms with Gasteiger partial charge in [0.05, 0.1) is 0 Å². The number of rotatable bonds is 5. The van der Waals surface area contributed by atoms with E-state index in [9.17, 15) is 13.2 Å². The van der Waals surface area contributed by atoms with Crippen LogP contribution < -0.4 is 0 Å². The van der Waals surface area contributed by atoms with Gasteiger partial charge in [-0.25, -0.2) is 13.2 Å². The van der Waals surface area contributed by atoms with Crippen LogP contribution in [0.15, 0.2) is 12.1 Å². The number of hydrogen-bond acceptors (Lipinski definition) is 0. The average molecular weight is 367 g/mol. The average Bonchev–Trinajstić information content (AvgIpc) is 2.66. The fraction of sp³-hybridized carbons (Fsp3) is 0.739. The highest BCUT2D eigenvalue weighted by atomic mass is 19.2. The third-order valence-electron chi connectivity index (χ3n) is 7.31. The van der Waals surface area contributed by atoms with E-state index >= 15 is 0 Å². The molecule has 26 heavy (non-hydrogen) atoms. The van der Waals surface area contributed by atoms with Crippen LogP contribution in [0.5, 0.6) is 0 Å². The Kier molecular flexibility index (Phi) is 6.69. The van der Waals surface area contributed by atoms with Crippen molar-refractivity contribution in [1.29, 1.82) is 0 Å². The lowest BCUT2D eigenvalue weighted by atomic mass is 9.66. The number of halogens is 3. The highest BCUT2D eigenvalue weighted by Crippen LogP contribution is 2.45. The molecule has 0 bridgehead atoms. The molecule has 1 aromatic rings. The monoisotopic (exact) mass is 366 g/mol. The predicted molar refractivity (Wildman–Crippen MR) is 101 cm³/mol. The Morgan fingerprint density at radius 3 is 1.85 bits per heavy atom. The molecule has 146 valence electrons. The summed E-state index contributed by atoms with van der Waals surface area (Å²) in [7, 11) is 0. The molecule has 2 saturated carbocycles. The molecule has 0 N–H and O–H groups in total. The van der Waals surface area contributed by atoms with E-state index in [1.807, 2.05) is 6.92 Å². The summed E-state index contributed by atoms with van der Waals surface area (Å²) < 4.78 is 40.3. The summed E-state index contributed by atoms with van der Waals surface area (Å²) in [5, 5.41) is 0. The van der Waals surface area contributed by atoms with Gasteiger partial charge >= 0.3 is 0 Å². The van der Waals surface area contributed by atoms with E-state index in [0.29, 0.717) is 11.5 Å². The Bertz CT molecular complexity index is 558. The Morgan fingerprint density at radius 2 is 1.35 bits per heavy atom. The molecule has 2 aliphatic carbocycles. The Balaban J connectivity index is 1.52. The van der Waals surface area contributed by atoms with Crippen LogP contribution in [0.1, 0.15) is 89.5 Å². The fourth-order valence-electron chi connectivity index (χ4n) is 5.58. The van der Waals surface area contributed by atoms with Crippen LogP contribution in [-0.4, -0.2) is 0 Å². The molecule has 1 unspecified atom stereocenters. The minimum atomic E-state index is -1.36. The van der Waals surface area contributed by atoms with E-state index in [0.717, 1.165) is 30.6 Å².